The summed E-state index contributed by atoms with van der Waals surface area (Å²) >= 11 is 0. The molecule has 1 N–H and O–H groups in total. The van der Waals surface area contributed by atoms with Gasteiger partial charge in [-0.3, -0.25) is 4.90 Å². The van der Waals surface area contributed by atoms with Crippen LogP contribution >= 0.6 is 0 Å². The lowest BCUT2D eigenvalue weighted by Gasteiger charge is -2.32. The number of aliphatic hydroxyl groups excluding tert-OH is 1. The molecule has 1 saturated heterocycles. The zero-order chi connectivity index (χ0) is 13.0. The molecule has 0 radical (unpaired) electrons. The van der Waals surface area contributed by atoms with Crippen molar-refractivity contribution >= 4 is 0 Å². The minimum absolute atomic E-state index is 0.265. The standard InChI is InChI=1S/C15H24N2O/c1-13(18)11-14-5-3-4-6-15(14)12-17-9-7-16(2)8-10-17/h3-6,13,18H,7-12H2,1-2H3. The first kappa shape index (κ1) is 13.5. The van der Waals surface area contributed by atoms with Crippen LogP contribution < -0.4 is 0 Å². The molecule has 2 rings (SSSR count). The van der Waals surface area contributed by atoms with Crippen LogP contribution in [0, 0.1) is 0 Å². The summed E-state index contributed by atoms with van der Waals surface area (Å²) in [5, 5.41) is 9.55. The molecular formula is C15H24N2O. The Morgan fingerprint density at radius 1 is 1.11 bits per heavy atom. The van der Waals surface area contributed by atoms with Crippen molar-refractivity contribution in [2.24, 2.45) is 0 Å². The molecule has 100 valence electrons. The van der Waals surface area contributed by atoms with Crippen LogP contribution in [0.5, 0.6) is 0 Å². The molecule has 1 aromatic carbocycles. The number of benzene rings is 1. The van der Waals surface area contributed by atoms with E-state index in [1.165, 1.54) is 11.1 Å². The Balaban J connectivity index is 2.00. The predicted molar refractivity (Wildman–Crippen MR) is 74.6 cm³/mol. The van der Waals surface area contributed by atoms with Crippen LogP contribution in [-0.4, -0.2) is 54.2 Å². The highest BCUT2D eigenvalue weighted by molar-refractivity contribution is 5.27. The molecule has 0 spiro atoms. The van der Waals surface area contributed by atoms with Gasteiger partial charge in [0.2, 0.25) is 0 Å². The van der Waals surface area contributed by atoms with E-state index in [4.69, 9.17) is 0 Å². The lowest BCUT2D eigenvalue weighted by atomic mass is 10.0. The summed E-state index contributed by atoms with van der Waals surface area (Å²) in [6.45, 7) is 7.44. The van der Waals surface area contributed by atoms with Crippen LogP contribution in [0.2, 0.25) is 0 Å². The van der Waals surface area contributed by atoms with Gasteiger partial charge in [-0.1, -0.05) is 24.3 Å². The molecule has 1 atom stereocenters. The van der Waals surface area contributed by atoms with Crippen molar-refractivity contribution in [2.75, 3.05) is 33.2 Å². The summed E-state index contributed by atoms with van der Waals surface area (Å²) in [5.74, 6) is 0. The topological polar surface area (TPSA) is 26.7 Å². The first-order valence-corrected chi connectivity index (χ1v) is 6.81. The normalized spacial score (nSPS) is 19.9. The lowest BCUT2D eigenvalue weighted by molar-refractivity contribution is 0.147. The molecule has 0 saturated carbocycles. The highest BCUT2D eigenvalue weighted by atomic mass is 16.3. The van der Waals surface area contributed by atoms with Crippen LogP contribution in [0.15, 0.2) is 24.3 Å². The molecule has 1 fully saturated rings. The third-order valence-corrected chi connectivity index (χ3v) is 3.62. The first-order valence-electron chi connectivity index (χ1n) is 6.81. The van der Waals surface area contributed by atoms with Crippen molar-refractivity contribution in [1.29, 1.82) is 0 Å². The van der Waals surface area contributed by atoms with Crippen LogP contribution in [-0.2, 0) is 13.0 Å². The molecular weight excluding hydrogens is 224 g/mol. The molecule has 1 heterocycles. The fourth-order valence-electron chi connectivity index (χ4n) is 2.48. The summed E-state index contributed by atoms with van der Waals surface area (Å²) in [6.07, 6.45) is 0.489. The van der Waals surface area contributed by atoms with E-state index < -0.39 is 0 Å². The smallest absolute Gasteiger partial charge is 0.0552 e. The number of hydrogen-bond acceptors (Lipinski definition) is 3. The van der Waals surface area contributed by atoms with Crippen molar-refractivity contribution in [3.63, 3.8) is 0 Å². The molecule has 3 heteroatoms. The molecule has 0 bridgehead atoms. The molecule has 0 aromatic heterocycles. The third kappa shape index (κ3) is 3.80. The van der Waals surface area contributed by atoms with Gasteiger partial charge in [0.15, 0.2) is 0 Å². The van der Waals surface area contributed by atoms with Crippen LogP contribution in [0.4, 0.5) is 0 Å². The van der Waals surface area contributed by atoms with Crippen LogP contribution in [0.25, 0.3) is 0 Å². The zero-order valence-electron chi connectivity index (χ0n) is 11.5. The van der Waals surface area contributed by atoms with Crippen LogP contribution in [0.1, 0.15) is 18.1 Å². The highest BCUT2D eigenvalue weighted by Crippen LogP contribution is 2.15. The number of hydrogen-bond donors (Lipinski definition) is 1. The monoisotopic (exact) mass is 248 g/mol. The number of rotatable bonds is 4. The lowest BCUT2D eigenvalue weighted by Crippen LogP contribution is -2.44. The van der Waals surface area contributed by atoms with Gasteiger partial charge in [-0.15, -0.1) is 0 Å². The van der Waals surface area contributed by atoms with Crippen molar-refractivity contribution in [3.05, 3.63) is 35.4 Å². The summed E-state index contributed by atoms with van der Waals surface area (Å²) in [7, 11) is 2.18. The van der Waals surface area contributed by atoms with E-state index in [1.807, 2.05) is 6.92 Å². The average Bonchev–Trinajstić information content (AvgIpc) is 2.34. The largest absolute Gasteiger partial charge is 0.393 e. The highest BCUT2D eigenvalue weighted by Gasteiger charge is 2.15. The fraction of sp³-hybridized carbons (Fsp3) is 0.600. The summed E-state index contributed by atoms with van der Waals surface area (Å²) < 4.78 is 0. The zero-order valence-corrected chi connectivity index (χ0v) is 11.5. The van der Waals surface area contributed by atoms with E-state index in [2.05, 4.69) is 41.1 Å². The van der Waals surface area contributed by atoms with Crippen molar-refractivity contribution in [2.45, 2.75) is 26.0 Å². The maximum atomic E-state index is 9.55. The van der Waals surface area contributed by atoms with E-state index in [-0.39, 0.29) is 6.10 Å². The van der Waals surface area contributed by atoms with Gasteiger partial charge in [-0.05, 0) is 31.5 Å². The van der Waals surface area contributed by atoms with Gasteiger partial charge < -0.3 is 10.0 Å². The van der Waals surface area contributed by atoms with Gasteiger partial charge in [-0.25, -0.2) is 0 Å². The van der Waals surface area contributed by atoms with E-state index >= 15 is 0 Å². The number of aliphatic hydroxyl groups is 1. The minimum Gasteiger partial charge on any atom is -0.393 e. The molecule has 1 aliphatic heterocycles. The van der Waals surface area contributed by atoms with E-state index in [9.17, 15) is 5.11 Å². The molecule has 1 aromatic rings. The molecule has 1 aliphatic rings. The fourth-order valence-corrected chi connectivity index (χ4v) is 2.48. The van der Waals surface area contributed by atoms with Crippen molar-refractivity contribution in [1.82, 2.24) is 9.80 Å². The molecule has 0 amide bonds. The van der Waals surface area contributed by atoms with Crippen molar-refractivity contribution in [3.8, 4) is 0 Å². The van der Waals surface area contributed by atoms with Crippen LogP contribution in [0.3, 0.4) is 0 Å². The maximum Gasteiger partial charge on any atom is 0.0552 e. The third-order valence-electron chi connectivity index (χ3n) is 3.62. The number of nitrogens with zero attached hydrogens (tertiary/aromatic N) is 2. The Bertz CT molecular complexity index is 371. The second kappa shape index (κ2) is 6.32. The van der Waals surface area contributed by atoms with Gasteiger partial charge in [0.05, 0.1) is 6.10 Å². The van der Waals surface area contributed by atoms with E-state index in [0.29, 0.717) is 0 Å². The molecule has 3 nitrogen and oxygen atoms in total. The number of piperazine rings is 1. The molecule has 0 aliphatic carbocycles. The van der Waals surface area contributed by atoms with Gasteiger partial charge in [-0.2, -0.15) is 0 Å². The predicted octanol–water partition coefficient (Wildman–Crippen LogP) is 1.36. The summed E-state index contributed by atoms with van der Waals surface area (Å²) in [4.78, 5) is 4.87. The maximum absolute atomic E-state index is 9.55. The quantitative estimate of drug-likeness (QED) is 0.871. The second-order valence-electron chi connectivity index (χ2n) is 5.40. The SMILES string of the molecule is CC(O)Cc1ccccc1CN1CCN(C)CC1. The minimum atomic E-state index is -0.265. The Morgan fingerprint density at radius 3 is 2.33 bits per heavy atom. The molecule has 1 unspecified atom stereocenters. The van der Waals surface area contributed by atoms with E-state index in [1.54, 1.807) is 0 Å². The molecule has 18 heavy (non-hydrogen) atoms. The Kier molecular flexibility index (Phi) is 4.75. The Labute approximate surface area is 110 Å². The summed E-state index contributed by atoms with van der Waals surface area (Å²) in [6, 6.07) is 8.48. The Morgan fingerprint density at radius 2 is 1.72 bits per heavy atom. The van der Waals surface area contributed by atoms with Crippen molar-refractivity contribution < 1.29 is 5.11 Å². The van der Waals surface area contributed by atoms with Gasteiger partial charge in [0.1, 0.15) is 0 Å². The number of likely N-dealkylation sites (N-methyl/N-ethyl adjacent to an activating group) is 1. The Hall–Kier alpha value is -0.900. The first-order chi connectivity index (χ1) is 8.65. The average molecular weight is 248 g/mol. The summed E-state index contributed by atoms with van der Waals surface area (Å²) in [5.41, 5.74) is 2.65. The van der Waals surface area contributed by atoms with E-state index in [0.717, 1.165) is 39.1 Å². The van der Waals surface area contributed by atoms with Gasteiger partial charge in [0, 0.05) is 32.7 Å². The van der Waals surface area contributed by atoms with Gasteiger partial charge in [0.25, 0.3) is 0 Å². The second-order valence-corrected chi connectivity index (χ2v) is 5.40. The van der Waals surface area contributed by atoms with Gasteiger partial charge >= 0.3 is 0 Å².